The number of nitrogens with one attached hydrogen (secondary N) is 1. The molecule has 0 aliphatic heterocycles. The predicted molar refractivity (Wildman–Crippen MR) is 64.5 cm³/mol. The minimum atomic E-state index is -0.902. The quantitative estimate of drug-likeness (QED) is 0.494. The monoisotopic (exact) mass is 236 g/mol. The van der Waals surface area contributed by atoms with Crippen LogP contribution >= 0.6 is 0 Å². The lowest BCUT2D eigenvalue weighted by Gasteiger charge is -2.10. The van der Waals surface area contributed by atoms with Crippen molar-refractivity contribution >= 4 is 17.5 Å². The molecule has 6 nitrogen and oxygen atoms in total. The summed E-state index contributed by atoms with van der Waals surface area (Å²) in [5.41, 5.74) is 17.5. The van der Waals surface area contributed by atoms with Gasteiger partial charge < -0.3 is 22.5 Å². The first kappa shape index (κ1) is 13.0. The molecule has 1 aromatic rings. The molecule has 0 heterocycles. The molecule has 1 aromatic carbocycles. The Labute approximate surface area is 99.1 Å². The molecular formula is C11H16N4O2. The van der Waals surface area contributed by atoms with E-state index in [0.29, 0.717) is 12.2 Å². The Hall–Kier alpha value is -2.08. The Morgan fingerprint density at radius 2 is 1.82 bits per heavy atom. The fraction of sp³-hybridized carbons (Fsp3) is 0.273. The van der Waals surface area contributed by atoms with Gasteiger partial charge in [-0.1, -0.05) is 12.1 Å². The van der Waals surface area contributed by atoms with E-state index >= 15 is 0 Å². The van der Waals surface area contributed by atoms with Crippen molar-refractivity contribution < 1.29 is 9.59 Å². The summed E-state index contributed by atoms with van der Waals surface area (Å²) < 4.78 is 0. The number of nitrogen functional groups attached to an aromatic ring is 1. The van der Waals surface area contributed by atoms with Gasteiger partial charge in [0.15, 0.2) is 0 Å². The minimum absolute atomic E-state index is 0.159. The summed E-state index contributed by atoms with van der Waals surface area (Å²) in [4.78, 5) is 22.0. The van der Waals surface area contributed by atoms with Crippen LogP contribution in [0.15, 0.2) is 24.3 Å². The van der Waals surface area contributed by atoms with Crippen molar-refractivity contribution in [3.8, 4) is 0 Å². The van der Waals surface area contributed by atoms with E-state index in [1.807, 2.05) is 0 Å². The van der Waals surface area contributed by atoms with Gasteiger partial charge in [-0.2, -0.15) is 0 Å². The second-order valence-electron chi connectivity index (χ2n) is 3.74. The molecule has 0 saturated heterocycles. The molecule has 0 aliphatic carbocycles. The van der Waals surface area contributed by atoms with E-state index in [2.05, 4.69) is 5.32 Å². The number of carbonyl (C=O) groups is 2. The number of hydrogen-bond donors (Lipinski definition) is 4. The van der Waals surface area contributed by atoms with E-state index < -0.39 is 17.9 Å². The summed E-state index contributed by atoms with van der Waals surface area (Å²) in [6.07, 6.45) is -0.159. The zero-order chi connectivity index (χ0) is 12.8. The molecule has 1 rings (SSSR count). The first-order valence-electron chi connectivity index (χ1n) is 5.15. The van der Waals surface area contributed by atoms with Crippen molar-refractivity contribution in [2.24, 2.45) is 11.5 Å². The van der Waals surface area contributed by atoms with Crippen LogP contribution in [0.4, 0.5) is 5.69 Å². The van der Waals surface area contributed by atoms with E-state index in [1.165, 1.54) is 0 Å². The van der Waals surface area contributed by atoms with Crippen molar-refractivity contribution in [2.75, 3.05) is 5.73 Å². The zero-order valence-corrected chi connectivity index (χ0v) is 9.35. The fourth-order valence-electron chi connectivity index (χ4n) is 1.27. The molecule has 0 bridgehead atoms. The van der Waals surface area contributed by atoms with Gasteiger partial charge in [0, 0.05) is 12.2 Å². The third kappa shape index (κ3) is 4.52. The Bertz CT molecular complexity index is 402. The first-order chi connectivity index (χ1) is 7.99. The standard InChI is InChI=1S/C11H16N4O2/c12-8-3-1-7(2-4-8)6-15-11(17)9(13)5-10(14)16/h1-4,9H,5-6,12-13H2,(H2,14,16)(H,15,17)/t9-/m0/s1. The van der Waals surface area contributed by atoms with Crippen LogP contribution in [0.2, 0.25) is 0 Å². The van der Waals surface area contributed by atoms with Gasteiger partial charge in [-0.3, -0.25) is 9.59 Å². The molecule has 7 N–H and O–H groups in total. The fourth-order valence-corrected chi connectivity index (χ4v) is 1.27. The highest BCUT2D eigenvalue weighted by atomic mass is 16.2. The van der Waals surface area contributed by atoms with Crippen molar-refractivity contribution in [3.05, 3.63) is 29.8 Å². The molecule has 6 heteroatoms. The summed E-state index contributed by atoms with van der Waals surface area (Å²) in [7, 11) is 0. The van der Waals surface area contributed by atoms with Crippen LogP contribution in [0.5, 0.6) is 0 Å². The summed E-state index contributed by atoms with van der Waals surface area (Å²) >= 11 is 0. The molecule has 17 heavy (non-hydrogen) atoms. The molecular weight excluding hydrogens is 220 g/mol. The second-order valence-corrected chi connectivity index (χ2v) is 3.74. The SMILES string of the molecule is NC(=O)C[C@H](N)C(=O)NCc1ccc(N)cc1. The van der Waals surface area contributed by atoms with Crippen molar-refractivity contribution in [1.29, 1.82) is 0 Å². The highest BCUT2D eigenvalue weighted by Crippen LogP contribution is 2.04. The van der Waals surface area contributed by atoms with E-state index in [1.54, 1.807) is 24.3 Å². The number of amides is 2. The van der Waals surface area contributed by atoms with Gasteiger partial charge in [0.1, 0.15) is 0 Å². The Morgan fingerprint density at radius 1 is 1.24 bits per heavy atom. The van der Waals surface area contributed by atoms with Gasteiger partial charge in [-0.15, -0.1) is 0 Å². The second kappa shape index (κ2) is 5.86. The Kier molecular flexibility index (Phi) is 4.47. The molecule has 1 atom stereocenters. The smallest absolute Gasteiger partial charge is 0.237 e. The third-order valence-corrected chi connectivity index (χ3v) is 2.20. The highest BCUT2D eigenvalue weighted by molar-refractivity contribution is 5.87. The molecule has 92 valence electrons. The largest absolute Gasteiger partial charge is 0.399 e. The van der Waals surface area contributed by atoms with Crippen LogP contribution in [-0.4, -0.2) is 17.9 Å². The van der Waals surface area contributed by atoms with Gasteiger partial charge in [0.25, 0.3) is 0 Å². The third-order valence-electron chi connectivity index (χ3n) is 2.20. The number of carbonyl (C=O) groups excluding carboxylic acids is 2. The van der Waals surface area contributed by atoms with Crippen LogP contribution in [0.3, 0.4) is 0 Å². The van der Waals surface area contributed by atoms with E-state index in [4.69, 9.17) is 17.2 Å². The van der Waals surface area contributed by atoms with Crippen molar-refractivity contribution in [1.82, 2.24) is 5.32 Å². The maximum atomic E-state index is 11.5. The van der Waals surface area contributed by atoms with Crippen molar-refractivity contribution in [2.45, 2.75) is 19.0 Å². The maximum absolute atomic E-state index is 11.5. The van der Waals surface area contributed by atoms with Crippen molar-refractivity contribution in [3.63, 3.8) is 0 Å². The van der Waals surface area contributed by atoms with E-state index in [9.17, 15) is 9.59 Å². The summed E-state index contributed by atoms with van der Waals surface area (Å²) in [6, 6.07) is 6.18. The summed E-state index contributed by atoms with van der Waals surface area (Å²) in [5, 5.41) is 2.61. The lowest BCUT2D eigenvalue weighted by atomic mass is 10.1. The Balaban J connectivity index is 2.42. The normalized spacial score (nSPS) is 11.8. The molecule has 0 saturated carbocycles. The number of rotatable bonds is 5. The van der Waals surface area contributed by atoms with Gasteiger partial charge in [0.2, 0.25) is 11.8 Å². The average molecular weight is 236 g/mol. The highest BCUT2D eigenvalue weighted by Gasteiger charge is 2.15. The molecule has 0 fully saturated rings. The predicted octanol–water partition coefficient (Wildman–Crippen LogP) is -0.912. The van der Waals surface area contributed by atoms with Crippen LogP contribution in [0, 0.1) is 0 Å². The molecule has 0 spiro atoms. The number of primary amides is 1. The minimum Gasteiger partial charge on any atom is -0.399 e. The number of anilines is 1. The van der Waals surface area contributed by atoms with Crippen LogP contribution in [0.1, 0.15) is 12.0 Å². The van der Waals surface area contributed by atoms with E-state index in [-0.39, 0.29) is 6.42 Å². The maximum Gasteiger partial charge on any atom is 0.237 e. The van der Waals surface area contributed by atoms with Crippen LogP contribution < -0.4 is 22.5 Å². The van der Waals surface area contributed by atoms with Crippen LogP contribution in [-0.2, 0) is 16.1 Å². The summed E-state index contributed by atoms with van der Waals surface area (Å²) in [6.45, 7) is 0.339. The molecule has 0 aliphatic rings. The lowest BCUT2D eigenvalue weighted by Crippen LogP contribution is -2.42. The van der Waals surface area contributed by atoms with Gasteiger partial charge in [-0.05, 0) is 17.7 Å². The average Bonchev–Trinajstić information content (AvgIpc) is 2.27. The summed E-state index contributed by atoms with van der Waals surface area (Å²) in [5.74, 6) is -0.999. The van der Waals surface area contributed by atoms with Gasteiger partial charge in [0.05, 0.1) is 12.5 Å². The van der Waals surface area contributed by atoms with E-state index in [0.717, 1.165) is 5.56 Å². The first-order valence-corrected chi connectivity index (χ1v) is 5.15. The van der Waals surface area contributed by atoms with Gasteiger partial charge in [-0.25, -0.2) is 0 Å². The number of nitrogens with two attached hydrogens (primary N) is 3. The lowest BCUT2D eigenvalue weighted by molar-refractivity contribution is -0.126. The molecule has 0 unspecified atom stereocenters. The number of benzene rings is 1. The number of hydrogen-bond acceptors (Lipinski definition) is 4. The zero-order valence-electron chi connectivity index (χ0n) is 9.35. The van der Waals surface area contributed by atoms with Crippen LogP contribution in [0.25, 0.3) is 0 Å². The molecule has 0 aromatic heterocycles. The molecule has 2 amide bonds. The topological polar surface area (TPSA) is 124 Å². The molecule has 0 radical (unpaired) electrons. The van der Waals surface area contributed by atoms with Gasteiger partial charge >= 0.3 is 0 Å². The Morgan fingerprint density at radius 3 is 2.35 bits per heavy atom.